The molecule has 3 saturated carbocycles. The van der Waals surface area contributed by atoms with E-state index < -0.39 is 52.5 Å². The second-order valence-corrected chi connectivity index (χ2v) is 13.2. The van der Waals surface area contributed by atoms with Crippen LogP contribution in [0.2, 0.25) is 0 Å². The van der Waals surface area contributed by atoms with Crippen LogP contribution in [0.15, 0.2) is 28.9 Å². The van der Waals surface area contributed by atoms with Crippen LogP contribution >= 0.6 is 0 Å². The molecule has 1 aliphatic heterocycles. The summed E-state index contributed by atoms with van der Waals surface area (Å²) in [5, 5.41) is 27.4. The number of aliphatic hydroxyl groups is 2. The smallest absolute Gasteiger partial charge is 0.260 e. The predicted octanol–water partition coefficient (Wildman–Crippen LogP) is 3.00. The van der Waals surface area contributed by atoms with Gasteiger partial charge < -0.3 is 10.2 Å². The van der Waals surface area contributed by atoms with Crippen molar-refractivity contribution in [3.05, 3.63) is 23.8 Å². The second kappa shape index (κ2) is 9.93. The minimum atomic E-state index is -2.01. The van der Waals surface area contributed by atoms with E-state index in [1.54, 1.807) is 32.1 Å². The number of imide groups is 1. The van der Waals surface area contributed by atoms with Crippen LogP contribution in [0.4, 0.5) is 4.39 Å². The number of likely N-dealkylation sites (tertiary alicyclic amines) is 1. The number of hydrazone groups is 1. The van der Waals surface area contributed by atoms with Crippen LogP contribution in [0.5, 0.6) is 0 Å². The van der Waals surface area contributed by atoms with E-state index >= 15 is 4.39 Å². The Labute approximate surface area is 240 Å². The summed E-state index contributed by atoms with van der Waals surface area (Å²) in [6.07, 6.45) is 5.95. The summed E-state index contributed by atoms with van der Waals surface area (Å²) in [5.74, 6) is -3.13. The standard InChI is InChI=1S/C31H42FN3O6/c1-6-18-13-26(39)35(27(18)40)16-25(38)34-33-20-10-11-28(4)19(14-20)8-9-21-22-12-17(3)31(41,23(36)7-2)29(22,5)15-24(37)30(21,28)32/h10-11,14,17-18,21-22,24,37,41H,6-9,12-13,15-16H2,1-5H3,(H,34,38)/t17-,18?,21+,22+,24+,28+,29+,30+,31+/m1/s1. The third kappa shape index (κ3) is 3.96. The number of carbonyl (C=O) groups excluding carboxylic acids is 4. The lowest BCUT2D eigenvalue weighted by atomic mass is 9.44. The maximum absolute atomic E-state index is 17.5. The number of allylic oxidation sites excluding steroid dienone is 4. The number of fused-ring (bicyclic) bond motifs is 5. The summed E-state index contributed by atoms with van der Waals surface area (Å²) in [4.78, 5) is 50.9. The summed E-state index contributed by atoms with van der Waals surface area (Å²) in [6.45, 7) is 8.62. The van der Waals surface area contributed by atoms with Crippen LogP contribution in [0.25, 0.3) is 0 Å². The quantitative estimate of drug-likeness (QED) is 0.331. The molecule has 0 spiro atoms. The topological polar surface area (TPSA) is 136 Å². The van der Waals surface area contributed by atoms with E-state index in [0.29, 0.717) is 31.4 Å². The third-order valence-corrected chi connectivity index (χ3v) is 11.4. The molecule has 10 heteroatoms. The molecule has 41 heavy (non-hydrogen) atoms. The maximum atomic E-state index is 17.5. The molecule has 9 nitrogen and oxygen atoms in total. The maximum Gasteiger partial charge on any atom is 0.260 e. The molecule has 5 aliphatic rings. The van der Waals surface area contributed by atoms with Crippen LogP contribution in [0.3, 0.4) is 0 Å². The Kier molecular flexibility index (Phi) is 7.21. The zero-order valence-corrected chi connectivity index (χ0v) is 24.6. The van der Waals surface area contributed by atoms with Crippen LogP contribution in [0, 0.1) is 34.5 Å². The zero-order valence-electron chi connectivity index (χ0n) is 24.6. The predicted molar refractivity (Wildman–Crippen MR) is 149 cm³/mol. The number of rotatable bonds is 6. The van der Waals surface area contributed by atoms with Crippen molar-refractivity contribution in [1.82, 2.24) is 10.3 Å². The van der Waals surface area contributed by atoms with Crippen molar-refractivity contribution < 1.29 is 33.8 Å². The van der Waals surface area contributed by atoms with Gasteiger partial charge in [0.05, 0.1) is 11.8 Å². The second-order valence-electron chi connectivity index (χ2n) is 13.2. The highest BCUT2D eigenvalue weighted by atomic mass is 19.1. The van der Waals surface area contributed by atoms with Crippen LogP contribution in [-0.4, -0.2) is 68.2 Å². The highest BCUT2D eigenvalue weighted by Crippen LogP contribution is 2.70. The SMILES string of the molecule is CCC(=O)[C@@]1(O)[C@H](C)C[C@H]2[C@@H]3CCC4=CC(=NNC(=O)CN5C(=O)CC(CC)C5=O)C=C[C@]4(C)[C@@]3(F)[C@@H](O)C[C@@]21C. The molecule has 4 fully saturated rings. The number of Topliss-reactive ketones (excluding diaryl/α,β-unsaturated/α-hetero) is 1. The molecular formula is C31H42FN3O6. The number of aliphatic hydroxyl groups excluding tert-OH is 1. The Morgan fingerprint density at radius 1 is 1.22 bits per heavy atom. The van der Waals surface area contributed by atoms with Crippen molar-refractivity contribution in [3.8, 4) is 0 Å². The van der Waals surface area contributed by atoms with Gasteiger partial charge in [-0.05, 0) is 63.0 Å². The molecule has 0 aromatic carbocycles. The molecule has 0 radical (unpaired) electrons. The molecule has 224 valence electrons. The van der Waals surface area contributed by atoms with Crippen molar-refractivity contribution in [1.29, 1.82) is 0 Å². The Bertz CT molecular complexity index is 1280. The molecule has 1 saturated heterocycles. The highest BCUT2D eigenvalue weighted by Gasteiger charge is 2.75. The molecule has 1 heterocycles. The molecule has 0 bridgehead atoms. The van der Waals surface area contributed by atoms with Crippen molar-refractivity contribution in [2.75, 3.05) is 6.54 Å². The number of nitrogens with zero attached hydrogens (tertiary/aromatic N) is 2. The summed E-state index contributed by atoms with van der Waals surface area (Å²) < 4.78 is 17.5. The van der Waals surface area contributed by atoms with Gasteiger partial charge in [0, 0.05) is 35.5 Å². The Morgan fingerprint density at radius 2 is 1.93 bits per heavy atom. The number of amides is 3. The van der Waals surface area contributed by atoms with E-state index in [0.717, 1.165) is 10.5 Å². The minimum Gasteiger partial charge on any atom is -0.390 e. The molecule has 0 aromatic rings. The van der Waals surface area contributed by atoms with Gasteiger partial charge in [0.15, 0.2) is 11.5 Å². The fraction of sp³-hybridized carbons (Fsp3) is 0.710. The van der Waals surface area contributed by atoms with Crippen molar-refractivity contribution in [3.63, 3.8) is 0 Å². The molecular weight excluding hydrogens is 529 g/mol. The lowest BCUT2D eigenvalue weighted by Crippen LogP contribution is -2.69. The number of carbonyl (C=O) groups is 4. The van der Waals surface area contributed by atoms with Crippen molar-refractivity contribution in [2.45, 2.75) is 96.9 Å². The average Bonchev–Trinajstić information content (AvgIpc) is 3.32. The fourth-order valence-electron chi connectivity index (χ4n) is 9.03. The summed E-state index contributed by atoms with van der Waals surface area (Å²) in [5.41, 5.74) is -2.14. The van der Waals surface area contributed by atoms with E-state index in [9.17, 15) is 29.4 Å². The van der Waals surface area contributed by atoms with Gasteiger partial charge >= 0.3 is 0 Å². The number of ketones is 1. The van der Waals surface area contributed by atoms with Crippen LogP contribution in [0.1, 0.15) is 79.6 Å². The highest BCUT2D eigenvalue weighted by molar-refractivity contribution is 6.07. The van der Waals surface area contributed by atoms with Crippen LogP contribution < -0.4 is 5.43 Å². The first-order valence-electron chi connectivity index (χ1n) is 14.9. The summed E-state index contributed by atoms with van der Waals surface area (Å²) >= 11 is 0. The minimum absolute atomic E-state index is 0.0161. The summed E-state index contributed by atoms with van der Waals surface area (Å²) in [6, 6.07) is 0. The Balaban J connectivity index is 1.36. The number of nitrogens with one attached hydrogen (secondary N) is 1. The van der Waals surface area contributed by atoms with Gasteiger partial charge in [-0.3, -0.25) is 24.1 Å². The lowest BCUT2D eigenvalue weighted by Gasteiger charge is -2.62. The van der Waals surface area contributed by atoms with Gasteiger partial charge in [0.25, 0.3) is 5.91 Å². The van der Waals surface area contributed by atoms with Crippen molar-refractivity contribution in [2.24, 2.45) is 39.6 Å². The van der Waals surface area contributed by atoms with E-state index in [1.807, 2.05) is 20.8 Å². The monoisotopic (exact) mass is 571 g/mol. The number of hydrogen-bond acceptors (Lipinski definition) is 7. The molecule has 3 amide bonds. The molecule has 4 aliphatic carbocycles. The van der Waals surface area contributed by atoms with Gasteiger partial charge in [-0.25, -0.2) is 9.82 Å². The van der Waals surface area contributed by atoms with E-state index in [4.69, 9.17) is 0 Å². The fourth-order valence-corrected chi connectivity index (χ4v) is 9.03. The zero-order chi connectivity index (χ0) is 30.1. The van der Waals surface area contributed by atoms with Gasteiger partial charge in [-0.15, -0.1) is 0 Å². The number of hydrogen-bond donors (Lipinski definition) is 3. The first-order valence-corrected chi connectivity index (χ1v) is 14.9. The van der Waals surface area contributed by atoms with Gasteiger partial charge in [-0.2, -0.15) is 5.10 Å². The molecule has 9 atom stereocenters. The normalized spacial score (nSPS) is 44.4. The first-order chi connectivity index (χ1) is 19.2. The first kappa shape index (κ1) is 29.8. The van der Waals surface area contributed by atoms with Crippen molar-refractivity contribution >= 4 is 29.2 Å². The van der Waals surface area contributed by atoms with Gasteiger partial charge in [-0.1, -0.05) is 39.3 Å². The molecule has 5 rings (SSSR count). The average molecular weight is 572 g/mol. The Hall–Kier alpha value is -2.72. The van der Waals surface area contributed by atoms with E-state index in [-0.39, 0.29) is 48.7 Å². The summed E-state index contributed by atoms with van der Waals surface area (Å²) in [7, 11) is 0. The number of halogens is 1. The van der Waals surface area contributed by atoms with E-state index in [1.165, 1.54) is 0 Å². The van der Waals surface area contributed by atoms with Gasteiger partial charge in [0.1, 0.15) is 12.1 Å². The van der Waals surface area contributed by atoms with Gasteiger partial charge in [0.2, 0.25) is 11.8 Å². The molecule has 1 unspecified atom stereocenters. The van der Waals surface area contributed by atoms with E-state index in [2.05, 4.69) is 10.5 Å². The Morgan fingerprint density at radius 3 is 2.56 bits per heavy atom. The molecule has 3 N–H and O–H groups in total. The largest absolute Gasteiger partial charge is 0.390 e. The third-order valence-electron chi connectivity index (χ3n) is 11.4. The molecule has 0 aromatic heterocycles. The van der Waals surface area contributed by atoms with Crippen LogP contribution in [-0.2, 0) is 19.2 Å². The lowest BCUT2D eigenvalue weighted by molar-refractivity contribution is -0.218. The number of alkyl halides is 1.